The van der Waals surface area contributed by atoms with E-state index in [1.165, 1.54) is 42.1 Å². The number of fused-ring (bicyclic) bond motifs is 3. The van der Waals surface area contributed by atoms with Crippen LogP contribution in [0, 0.1) is 13.8 Å². The van der Waals surface area contributed by atoms with Gasteiger partial charge in [0, 0.05) is 64.7 Å². The number of aliphatic hydroxyl groups excluding tert-OH is 1. The van der Waals surface area contributed by atoms with Gasteiger partial charge in [-0.2, -0.15) is 0 Å². The van der Waals surface area contributed by atoms with Gasteiger partial charge < -0.3 is 86.4 Å². The number of ketones is 1. The van der Waals surface area contributed by atoms with E-state index in [1.807, 2.05) is 6.92 Å². The SMILES string of the molecule is COc1c2c(c(O)c3c(O[C@]4(OC5CC(OC(C)=O)C6(OC(=O)O[C@H]6C)C(C)O5)[C@@H]5CC6(OC6(C(OC)OC)O5)[C@]45CO5)c(C)c(C)cc13)C(=O)[C@@H](O)C[C@@H]2OC1CC(C)(O)C(OC(C)=O)C(C)O1. The van der Waals surface area contributed by atoms with Gasteiger partial charge in [-0.1, -0.05) is 0 Å². The summed E-state index contributed by atoms with van der Waals surface area (Å²) >= 11 is 0. The Labute approximate surface area is 395 Å². The van der Waals surface area contributed by atoms with Crippen LogP contribution >= 0.6 is 0 Å². The minimum Gasteiger partial charge on any atom is -0.506 e. The number of hydrogen-bond donors (Lipinski definition) is 3. The molecule has 2 bridgehead atoms. The lowest BCUT2D eigenvalue weighted by Gasteiger charge is -2.49. The van der Waals surface area contributed by atoms with Crippen LogP contribution in [-0.4, -0.2) is 163 Å². The number of methoxy groups -OCH3 is 3. The normalized spacial score (nSPS) is 42.6. The number of phenolic OH excluding ortho intramolecular Hbond substituents is 1. The molecule has 3 spiro atoms. The zero-order valence-electron chi connectivity index (χ0n) is 40.1. The summed E-state index contributed by atoms with van der Waals surface area (Å²) in [5.74, 6) is -6.03. The maximum absolute atomic E-state index is 14.3. The molecule has 0 radical (unpaired) electrons. The highest BCUT2D eigenvalue weighted by Gasteiger charge is 3.03. The fraction of sp³-hybridized carbons (Fsp3) is 0.702. The number of aromatic hydroxyl groups is 1. The summed E-state index contributed by atoms with van der Waals surface area (Å²) in [4.78, 5) is 51.4. The Morgan fingerprint density at radius 2 is 1.61 bits per heavy atom. The molecule has 2 aliphatic carbocycles. The number of esters is 2. The van der Waals surface area contributed by atoms with Crippen molar-refractivity contribution in [3.05, 3.63) is 28.3 Å². The van der Waals surface area contributed by atoms with Gasteiger partial charge in [-0.25, -0.2) is 4.79 Å². The number of cyclic esters (lactones) is 1. The molecule has 0 amide bonds. The fourth-order valence-electron chi connectivity index (χ4n) is 12.3. The minimum absolute atomic E-state index is 0.00297. The number of ether oxygens (including phenoxy) is 15. The number of aryl methyl sites for hydroxylation is 1. The molecule has 3 N–H and O–H groups in total. The molecule has 22 nitrogen and oxygen atoms in total. The first-order valence-corrected chi connectivity index (χ1v) is 23.0. The number of hydrogen-bond acceptors (Lipinski definition) is 22. The van der Waals surface area contributed by atoms with Gasteiger partial charge >= 0.3 is 18.1 Å². The maximum Gasteiger partial charge on any atom is 0.509 e. The van der Waals surface area contributed by atoms with Gasteiger partial charge in [0.05, 0.1) is 36.9 Å². The Balaban J connectivity index is 1.09. The van der Waals surface area contributed by atoms with E-state index < -0.39 is 131 Å². The maximum atomic E-state index is 14.3. The third-order valence-electron chi connectivity index (χ3n) is 15.5. The van der Waals surface area contributed by atoms with Gasteiger partial charge in [-0.3, -0.25) is 14.4 Å². The average molecular weight is 975 g/mol. The first-order chi connectivity index (χ1) is 32.5. The molecule has 2 aromatic rings. The van der Waals surface area contributed by atoms with Crippen molar-refractivity contribution in [1.29, 1.82) is 0 Å². The second-order valence-electron chi connectivity index (χ2n) is 19.6. The molecule has 16 atom stereocenters. The molecule has 22 heteroatoms. The molecule has 1 saturated carbocycles. The number of carbonyl (C=O) groups excluding carboxylic acids is 4. The predicted molar refractivity (Wildman–Crippen MR) is 227 cm³/mol. The Hall–Kier alpha value is -4.46. The highest BCUT2D eigenvalue weighted by atomic mass is 16.9. The van der Waals surface area contributed by atoms with Gasteiger partial charge in [-0.15, -0.1) is 0 Å². The quantitative estimate of drug-likeness (QED) is 0.119. The van der Waals surface area contributed by atoms with Crippen LogP contribution < -0.4 is 9.47 Å². The molecular formula is C47H58O22. The Kier molecular flexibility index (Phi) is 11.2. The Bertz CT molecular complexity index is 2500. The molecule has 0 aromatic heterocycles. The first kappa shape index (κ1) is 48.2. The van der Waals surface area contributed by atoms with Crippen molar-refractivity contribution in [3.8, 4) is 17.2 Å². The molecule has 2 aromatic carbocycles. The first-order valence-electron chi connectivity index (χ1n) is 23.0. The number of rotatable bonds is 12. The average Bonchev–Trinajstić information content (AvgIpc) is 4.13. The van der Waals surface area contributed by atoms with E-state index in [4.69, 9.17) is 71.1 Å². The molecule has 8 aliphatic rings. The molecule has 6 saturated heterocycles. The van der Waals surface area contributed by atoms with Gasteiger partial charge in [0.25, 0.3) is 11.6 Å². The van der Waals surface area contributed by atoms with Crippen LogP contribution in [0.5, 0.6) is 17.2 Å². The van der Waals surface area contributed by atoms with Crippen LogP contribution in [0.1, 0.15) is 100 Å². The lowest BCUT2D eigenvalue weighted by atomic mass is 9.81. The molecule has 7 fully saturated rings. The van der Waals surface area contributed by atoms with Crippen molar-refractivity contribution < 1.29 is 106 Å². The second-order valence-corrected chi connectivity index (χ2v) is 19.6. The third kappa shape index (κ3) is 6.56. The van der Waals surface area contributed by atoms with Crippen LogP contribution in [0.3, 0.4) is 0 Å². The Morgan fingerprint density at radius 1 is 0.913 bits per heavy atom. The van der Waals surface area contributed by atoms with Gasteiger partial charge in [0.2, 0.25) is 11.9 Å². The summed E-state index contributed by atoms with van der Waals surface area (Å²) in [5, 5.41) is 35.7. The number of aliphatic hydroxyl groups is 2. The molecule has 10 rings (SSSR count). The number of carbonyl (C=O) groups is 4. The standard InChI is InChI=1S/C47H58O22/c1-18-12-25-32(36(52)34-33(38(25)55-9)27(13-26(50)35(34)51)64-31-16-42(8,54)39(20(3)59-31)63-24(7)49)37(19(18)2)67-46(29-15-43(44(46)17-58-44)47(65-29,69-43)40(56-10)57-11)66-30-14-28(62-23(6)48)45(21(4)60-30)22(5)61-41(53)68-45/h12,20-22,26-31,39-40,50,52,54H,13-17H2,1-11H3/t20?,21?,22-,26-,27-,28?,29-,30?,31?,39?,42?,43?,44+,45?,46+,47?/m0/s1. The summed E-state index contributed by atoms with van der Waals surface area (Å²) < 4.78 is 93.0. The van der Waals surface area contributed by atoms with E-state index in [-0.39, 0.29) is 65.7 Å². The van der Waals surface area contributed by atoms with Crippen molar-refractivity contribution in [1.82, 2.24) is 0 Å². The topological polar surface area (TPSA) is 274 Å². The zero-order chi connectivity index (χ0) is 49.7. The summed E-state index contributed by atoms with van der Waals surface area (Å²) in [6, 6.07) is 1.75. The fourth-order valence-corrected chi connectivity index (χ4v) is 12.3. The van der Waals surface area contributed by atoms with E-state index in [0.717, 1.165) is 0 Å². The van der Waals surface area contributed by atoms with E-state index >= 15 is 0 Å². The van der Waals surface area contributed by atoms with Crippen molar-refractivity contribution in [3.63, 3.8) is 0 Å². The largest absolute Gasteiger partial charge is 0.509 e. The summed E-state index contributed by atoms with van der Waals surface area (Å²) in [6.45, 7) is 12.3. The van der Waals surface area contributed by atoms with Gasteiger partial charge in [0.1, 0.15) is 47.3 Å². The van der Waals surface area contributed by atoms with Crippen LogP contribution in [-0.2, 0) is 71.2 Å². The lowest BCUT2D eigenvalue weighted by molar-refractivity contribution is -0.380. The minimum atomic E-state index is -2.02. The van der Waals surface area contributed by atoms with E-state index in [2.05, 4.69) is 0 Å². The zero-order valence-corrected chi connectivity index (χ0v) is 40.1. The molecule has 10 unspecified atom stereocenters. The third-order valence-corrected chi connectivity index (χ3v) is 15.5. The lowest BCUT2D eigenvalue weighted by Crippen LogP contribution is -2.69. The van der Waals surface area contributed by atoms with Gasteiger partial charge in [0.15, 0.2) is 41.8 Å². The summed E-state index contributed by atoms with van der Waals surface area (Å²) in [7, 11) is 4.27. The molecule has 69 heavy (non-hydrogen) atoms. The molecule has 6 heterocycles. The van der Waals surface area contributed by atoms with Crippen LogP contribution in [0.4, 0.5) is 4.79 Å². The Morgan fingerprint density at radius 3 is 2.20 bits per heavy atom. The number of Topliss-reactive ketones (excluding diaryl/α,β-unsaturated/α-hetero) is 1. The number of phenols is 1. The highest BCUT2D eigenvalue weighted by molar-refractivity contribution is 6.13. The van der Waals surface area contributed by atoms with E-state index in [0.29, 0.717) is 11.1 Å². The van der Waals surface area contributed by atoms with Crippen molar-refractivity contribution in [2.75, 3.05) is 27.9 Å². The van der Waals surface area contributed by atoms with Crippen LogP contribution in [0.15, 0.2) is 6.07 Å². The van der Waals surface area contributed by atoms with Crippen LogP contribution in [0.2, 0.25) is 0 Å². The number of benzene rings is 2. The summed E-state index contributed by atoms with van der Waals surface area (Å²) in [6.07, 6.45) is -13.6. The van der Waals surface area contributed by atoms with Gasteiger partial charge in [-0.05, 0) is 58.7 Å². The monoisotopic (exact) mass is 974 g/mol. The smallest absolute Gasteiger partial charge is 0.506 e. The van der Waals surface area contributed by atoms with Crippen molar-refractivity contribution >= 4 is 34.6 Å². The predicted octanol–water partition coefficient (Wildman–Crippen LogP) is 3.10. The van der Waals surface area contributed by atoms with Crippen LogP contribution in [0.25, 0.3) is 10.8 Å². The molecular weight excluding hydrogens is 916 g/mol. The van der Waals surface area contributed by atoms with Crippen molar-refractivity contribution in [2.24, 2.45) is 0 Å². The second kappa shape index (κ2) is 16.0. The molecule has 6 aliphatic heterocycles. The van der Waals surface area contributed by atoms with E-state index in [1.54, 1.807) is 33.8 Å². The highest BCUT2D eigenvalue weighted by Crippen LogP contribution is 2.79. The van der Waals surface area contributed by atoms with Crippen molar-refractivity contribution in [2.45, 2.75) is 183 Å². The van der Waals surface area contributed by atoms with E-state index in [9.17, 15) is 34.5 Å². The summed E-state index contributed by atoms with van der Waals surface area (Å²) in [5.41, 5.74) is -4.97. The number of epoxide rings is 2. The molecule has 378 valence electrons.